The molecule has 7 heterocycles. The van der Waals surface area contributed by atoms with E-state index in [0.29, 0.717) is 24.7 Å². The first-order valence-electron chi connectivity index (χ1n) is 28.4. The Morgan fingerprint density at radius 1 is 0.341 bits per heavy atom. The number of rotatable bonds is 5. The maximum atomic E-state index is 6.17. The molecule has 0 bridgehead atoms. The van der Waals surface area contributed by atoms with Gasteiger partial charge in [-0.05, 0) is 126 Å². The largest absolute Gasteiger partial charge is 0.456 e. The minimum absolute atomic E-state index is 0.294. The van der Waals surface area contributed by atoms with Gasteiger partial charge in [0.1, 0.15) is 41.4 Å². The Labute approximate surface area is 486 Å². The lowest BCUT2D eigenvalue weighted by atomic mass is 10.1. The Balaban J connectivity index is 0.000000108. The summed E-state index contributed by atoms with van der Waals surface area (Å²) >= 11 is 1.90. The van der Waals surface area contributed by atoms with Gasteiger partial charge in [0.05, 0.1) is 16.1 Å². The molecule has 4 atom stereocenters. The van der Waals surface area contributed by atoms with Crippen molar-refractivity contribution >= 4 is 104 Å². The van der Waals surface area contributed by atoms with Crippen LogP contribution in [-0.4, -0.2) is 60.5 Å². The lowest BCUT2D eigenvalue weighted by Crippen LogP contribution is -2.36. The lowest BCUT2D eigenvalue weighted by molar-refractivity contribution is 0.383. The van der Waals surface area contributed by atoms with Crippen LogP contribution in [0.25, 0.3) is 64.0 Å². The van der Waals surface area contributed by atoms with Crippen molar-refractivity contribution in [1.29, 1.82) is 0 Å². The fourth-order valence-corrected chi connectivity index (χ4v) is 13.1. The number of hydrogen-bond acceptors (Lipinski definition) is 11. The van der Waals surface area contributed by atoms with E-state index in [9.17, 15) is 0 Å². The SMILES string of the molecule is Cc1cc2oc3ccccc3c2cc1N1C=CN(C)[C@@H]1C.Cc1ccc2c(oc3ccccc32)c1N1C=CN(C)[C@@H]1C.Cc1ccc2c(sc3ccccc32)c1N1C=CN(C)[C@@H]1C.Cc1ccccc1N1C=CN(c2ccccc2)[C@@H]1C. The van der Waals surface area contributed by atoms with Crippen LogP contribution in [0.5, 0.6) is 0 Å². The molecule has 0 unspecified atom stereocenters. The smallest absolute Gasteiger partial charge is 0.159 e. The first kappa shape index (κ1) is 53.6. The highest BCUT2D eigenvalue weighted by molar-refractivity contribution is 7.26. The highest BCUT2D eigenvalue weighted by Crippen LogP contribution is 2.44. The Hall–Kier alpha value is -9.06. The van der Waals surface area contributed by atoms with E-state index in [-0.39, 0.29) is 0 Å². The summed E-state index contributed by atoms with van der Waals surface area (Å²) in [6.07, 6.45) is 18.4. The van der Waals surface area contributed by atoms with Crippen LogP contribution < -0.4 is 24.5 Å². The summed E-state index contributed by atoms with van der Waals surface area (Å²) in [5.41, 5.74) is 15.2. The summed E-state index contributed by atoms with van der Waals surface area (Å²) in [5.74, 6) is 0. The second kappa shape index (κ2) is 22.1. The topological polar surface area (TPSA) is 52.2 Å². The van der Waals surface area contributed by atoms with Crippen molar-refractivity contribution in [3.05, 3.63) is 236 Å². The maximum absolute atomic E-state index is 6.17. The van der Waals surface area contributed by atoms with Crippen molar-refractivity contribution < 1.29 is 8.83 Å². The molecule has 0 spiro atoms. The summed E-state index contributed by atoms with van der Waals surface area (Å²) in [6.45, 7) is 17.5. The van der Waals surface area contributed by atoms with Gasteiger partial charge in [-0.3, -0.25) is 0 Å². The van der Waals surface area contributed by atoms with Crippen LogP contribution >= 0.6 is 11.3 Å². The van der Waals surface area contributed by atoms with E-state index in [2.05, 4.69) is 299 Å². The molecule has 0 saturated carbocycles. The zero-order chi connectivity index (χ0) is 56.9. The fourth-order valence-electron chi connectivity index (χ4n) is 11.8. The summed E-state index contributed by atoms with van der Waals surface area (Å²) < 4.78 is 14.9. The lowest BCUT2D eigenvalue weighted by Gasteiger charge is -2.30. The molecule has 82 heavy (non-hydrogen) atoms. The van der Waals surface area contributed by atoms with E-state index in [0.717, 1.165) is 28.0 Å². The molecule has 10 nitrogen and oxygen atoms in total. The van der Waals surface area contributed by atoms with Crippen LogP contribution in [0.2, 0.25) is 0 Å². The van der Waals surface area contributed by atoms with Gasteiger partial charge in [0.25, 0.3) is 0 Å². The summed E-state index contributed by atoms with van der Waals surface area (Å²) in [7, 11) is 6.32. The second-order valence-corrected chi connectivity index (χ2v) is 23.1. The van der Waals surface area contributed by atoms with Crippen molar-refractivity contribution in [3.8, 4) is 0 Å². The number of hydrogen-bond donors (Lipinski definition) is 0. The number of anilines is 5. The normalized spacial score (nSPS) is 18.3. The minimum atomic E-state index is 0.294. The van der Waals surface area contributed by atoms with Crippen molar-refractivity contribution in [3.63, 3.8) is 0 Å². The predicted octanol–water partition coefficient (Wildman–Crippen LogP) is 18.0. The van der Waals surface area contributed by atoms with Gasteiger partial charge in [0.15, 0.2) is 5.58 Å². The molecule has 8 aromatic carbocycles. The van der Waals surface area contributed by atoms with Crippen molar-refractivity contribution in [2.75, 3.05) is 45.6 Å². The highest BCUT2D eigenvalue weighted by Gasteiger charge is 2.28. The standard InChI is InChI=1S/2C18H18N2O.C18H18N2S.C17H18N2/c1-12-10-18-15(14-6-4-5-7-17(14)21-18)11-16(12)20-9-8-19(3)13(20)2;2*1-12-8-9-15-14-6-4-5-7-16(14)21-18(15)17(12)20-11-10-19(3)13(20)2;1-14-8-6-7-11-17(14)19-13-12-18(15(19)2)16-9-4-3-5-10-16/h3*4-11,13H,1-3H3;3-13,15H,1-2H3/t3*13-;15-/m0000/s1. The zero-order valence-electron chi connectivity index (χ0n) is 48.8. The Morgan fingerprint density at radius 3 is 1.49 bits per heavy atom. The van der Waals surface area contributed by atoms with Crippen LogP contribution in [0, 0.1) is 27.7 Å². The van der Waals surface area contributed by atoms with E-state index in [1.165, 1.54) is 86.7 Å². The number of aryl methyl sites for hydroxylation is 4. The predicted molar refractivity (Wildman–Crippen MR) is 349 cm³/mol. The highest BCUT2D eigenvalue weighted by atomic mass is 32.1. The number of furan rings is 2. The number of fused-ring (bicyclic) bond motifs is 9. The van der Waals surface area contributed by atoms with E-state index in [4.69, 9.17) is 8.83 Å². The molecule has 414 valence electrons. The molecule has 0 amide bonds. The number of benzene rings is 8. The van der Waals surface area contributed by atoms with Crippen molar-refractivity contribution in [2.45, 2.75) is 80.1 Å². The van der Waals surface area contributed by atoms with E-state index >= 15 is 0 Å². The molecule has 0 N–H and O–H groups in total. The van der Waals surface area contributed by atoms with Gasteiger partial charge < -0.3 is 48.0 Å². The molecule has 4 aliphatic heterocycles. The third kappa shape index (κ3) is 9.72. The maximum Gasteiger partial charge on any atom is 0.159 e. The Kier molecular flexibility index (Phi) is 14.5. The van der Waals surface area contributed by atoms with Crippen LogP contribution in [0.1, 0.15) is 49.9 Å². The fraction of sp³-hybridized carbons (Fsp3) is 0.211. The van der Waals surface area contributed by atoms with Gasteiger partial charge in [-0.1, -0.05) is 115 Å². The average molecular weight is 1100 g/mol. The Bertz CT molecular complexity index is 4110. The summed E-state index contributed by atoms with van der Waals surface area (Å²) in [4.78, 5) is 18.2. The number of para-hydroxylation sites is 4. The third-order valence-electron chi connectivity index (χ3n) is 16.9. The molecule has 0 saturated heterocycles. The number of nitrogens with zero attached hydrogens (tertiary/aromatic N) is 8. The van der Waals surface area contributed by atoms with Gasteiger partial charge in [-0.15, -0.1) is 11.3 Å². The first-order chi connectivity index (χ1) is 39.7. The second-order valence-electron chi connectivity index (χ2n) is 22.0. The van der Waals surface area contributed by atoms with Gasteiger partial charge in [-0.25, -0.2) is 0 Å². The zero-order valence-corrected chi connectivity index (χ0v) is 49.6. The first-order valence-corrected chi connectivity index (χ1v) is 29.2. The van der Waals surface area contributed by atoms with Crippen LogP contribution in [-0.2, 0) is 0 Å². The molecule has 15 rings (SSSR count). The molecule has 3 aromatic heterocycles. The number of thiophene rings is 1. The van der Waals surface area contributed by atoms with Crippen LogP contribution in [0.3, 0.4) is 0 Å². The molecular formula is C71H72N8O2S. The van der Waals surface area contributed by atoms with Gasteiger partial charge in [0, 0.05) is 125 Å². The molecule has 4 aliphatic rings. The van der Waals surface area contributed by atoms with Crippen LogP contribution in [0.4, 0.5) is 28.4 Å². The van der Waals surface area contributed by atoms with E-state index in [1.54, 1.807) is 0 Å². The summed E-state index contributed by atoms with van der Waals surface area (Å²) in [6, 6.07) is 57.4. The quantitative estimate of drug-likeness (QED) is 0.167. The molecular weight excluding hydrogens is 1030 g/mol. The van der Waals surface area contributed by atoms with E-state index < -0.39 is 0 Å². The third-order valence-corrected chi connectivity index (χ3v) is 18.1. The van der Waals surface area contributed by atoms with E-state index in [1.807, 2.05) is 41.7 Å². The van der Waals surface area contributed by atoms with Gasteiger partial charge in [0.2, 0.25) is 0 Å². The summed E-state index contributed by atoms with van der Waals surface area (Å²) in [5, 5.41) is 7.45. The van der Waals surface area contributed by atoms with Crippen LogP contribution in [0.15, 0.2) is 222 Å². The molecule has 0 aliphatic carbocycles. The average Bonchev–Trinajstić information content (AvgIpc) is 4.47. The van der Waals surface area contributed by atoms with Gasteiger partial charge in [-0.2, -0.15) is 0 Å². The minimum Gasteiger partial charge on any atom is -0.456 e. The molecule has 0 radical (unpaired) electrons. The van der Waals surface area contributed by atoms with Crippen molar-refractivity contribution in [2.24, 2.45) is 0 Å². The molecule has 0 fully saturated rings. The molecule has 11 aromatic rings. The van der Waals surface area contributed by atoms with Crippen molar-refractivity contribution in [1.82, 2.24) is 14.7 Å². The monoisotopic (exact) mass is 1100 g/mol. The molecule has 11 heteroatoms. The Morgan fingerprint density at radius 2 is 0.841 bits per heavy atom. The van der Waals surface area contributed by atoms with Gasteiger partial charge >= 0.3 is 0 Å².